The third-order valence-electron chi connectivity index (χ3n) is 6.44. The van der Waals surface area contributed by atoms with Crippen molar-refractivity contribution in [1.29, 1.82) is 0 Å². The number of hydrogen-bond acceptors (Lipinski definition) is 6. The molecule has 7 heteroatoms. The standard InChI is InChI=1S/C21H31N3O4/c1-27-18-4-2-17(3-5-18)22-21(26)14-23-12-15-10-19(20(25)11-16(15)13-23)24-6-8-28-9-7-24/h2-5,15-16,19-20,25H,6-14H2,1H3,(H,22,26)/t15-,16+,19-,20-/m1/s1. The lowest BCUT2D eigenvalue weighted by Crippen LogP contribution is -2.53. The predicted molar refractivity (Wildman–Crippen MR) is 106 cm³/mol. The van der Waals surface area contributed by atoms with E-state index in [0.717, 1.165) is 63.7 Å². The van der Waals surface area contributed by atoms with Crippen molar-refractivity contribution in [3.8, 4) is 5.75 Å². The van der Waals surface area contributed by atoms with E-state index in [4.69, 9.17) is 9.47 Å². The minimum absolute atomic E-state index is 0.00842. The molecular formula is C21H31N3O4. The van der Waals surface area contributed by atoms with Gasteiger partial charge in [0.25, 0.3) is 0 Å². The van der Waals surface area contributed by atoms with Crippen LogP contribution in [-0.2, 0) is 9.53 Å². The quantitative estimate of drug-likeness (QED) is 0.784. The van der Waals surface area contributed by atoms with Crippen LogP contribution in [0.2, 0.25) is 0 Å². The van der Waals surface area contributed by atoms with E-state index in [-0.39, 0.29) is 18.1 Å². The summed E-state index contributed by atoms with van der Waals surface area (Å²) in [6.07, 6.45) is 1.58. The third kappa shape index (κ3) is 4.49. The number of rotatable bonds is 5. The minimum atomic E-state index is -0.271. The Morgan fingerprint density at radius 1 is 1.18 bits per heavy atom. The van der Waals surface area contributed by atoms with Crippen molar-refractivity contribution < 1.29 is 19.4 Å². The Labute approximate surface area is 166 Å². The first-order chi connectivity index (χ1) is 13.6. The molecule has 0 bridgehead atoms. The summed E-state index contributed by atoms with van der Waals surface area (Å²) < 4.78 is 10.6. The van der Waals surface area contributed by atoms with Crippen molar-refractivity contribution in [3.05, 3.63) is 24.3 Å². The lowest BCUT2D eigenvalue weighted by molar-refractivity contribution is -0.117. The van der Waals surface area contributed by atoms with E-state index in [9.17, 15) is 9.90 Å². The number of nitrogens with one attached hydrogen (secondary N) is 1. The second-order valence-corrected chi connectivity index (χ2v) is 8.25. The van der Waals surface area contributed by atoms with Gasteiger partial charge in [0.15, 0.2) is 0 Å². The number of likely N-dealkylation sites (tertiary alicyclic amines) is 1. The maximum absolute atomic E-state index is 12.4. The van der Waals surface area contributed by atoms with E-state index in [2.05, 4.69) is 15.1 Å². The smallest absolute Gasteiger partial charge is 0.238 e. The fraction of sp³-hybridized carbons (Fsp3) is 0.667. The summed E-state index contributed by atoms with van der Waals surface area (Å²) in [5.41, 5.74) is 0.783. The largest absolute Gasteiger partial charge is 0.497 e. The lowest BCUT2D eigenvalue weighted by atomic mass is 9.77. The molecule has 1 saturated carbocycles. The highest BCUT2D eigenvalue weighted by atomic mass is 16.5. The summed E-state index contributed by atoms with van der Waals surface area (Å²) in [7, 11) is 1.63. The van der Waals surface area contributed by atoms with E-state index in [1.54, 1.807) is 7.11 Å². The van der Waals surface area contributed by atoms with Gasteiger partial charge in [-0.3, -0.25) is 14.6 Å². The second kappa shape index (κ2) is 8.78. The second-order valence-electron chi connectivity index (χ2n) is 8.25. The van der Waals surface area contributed by atoms with Gasteiger partial charge in [0.1, 0.15) is 5.75 Å². The number of benzene rings is 1. The molecule has 28 heavy (non-hydrogen) atoms. The number of fused-ring (bicyclic) bond motifs is 1. The van der Waals surface area contributed by atoms with Gasteiger partial charge in [0, 0.05) is 37.9 Å². The number of aliphatic hydroxyl groups excluding tert-OH is 1. The molecule has 2 saturated heterocycles. The number of carbonyl (C=O) groups excluding carboxylic acids is 1. The third-order valence-corrected chi connectivity index (χ3v) is 6.44. The predicted octanol–water partition coefficient (Wildman–Crippen LogP) is 1.04. The molecule has 0 unspecified atom stereocenters. The van der Waals surface area contributed by atoms with Gasteiger partial charge in [-0.2, -0.15) is 0 Å². The van der Waals surface area contributed by atoms with Crippen LogP contribution in [0.4, 0.5) is 5.69 Å². The summed E-state index contributed by atoms with van der Waals surface area (Å²) >= 11 is 0. The molecule has 1 aromatic rings. The van der Waals surface area contributed by atoms with Crippen LogP contribution in [0.1, 0.15) is 12.8 Å². The van der Waals surface area contributed by atoms with Crippen molar-refractivity contribution in [3.63, 3.8) is 0 Å². The molecule has 0 spiro atoms. The lowest BCUT2D eigenvalue weighted by Gasteiger charge is -2.43. The van der Waals surface area contributed by atoms with Crippen LogP contribution in [0.25, 0.3) is 0 Å². The first kappa shape index (κ1) is 19.6. The SMILES string of the molecule is COc1ccc(NC(=O)CN2C[C@H]3C[C@@H](N4CCOCC4)[C@H](O)C[C@H]3C2)cc1. The van der Waals surface area contributed by atoms with Gasteiger partial charge in [-0.15, -0.1) is 0 Å². The van der Waals surface area contributed by atoms with Crippen LogP contribution in [0.3, 0.4) is 0 Å². The average molecular weight is 389 g/mol. The maximum Gasteiger partial charge on any atom is 0.238 e. The highest BCUT2D eigenvalue weighted by Crippen LogP contribution is 2.38. The summed E-state index contributed by atoms with van der Waals surface area (Å²) in [6, 6.07) is 7.62. The van der Waals surface area contributed by atoms with Gasteiger partial charge in [-0.05, 0) is 48.9 Å². The van der Waals surface area contributed by atoms with Crippen molar-refractivity contribution in [2.24, 2.45) is 11.8 Å². The van der Waals surface area contributed by atoms with Crippen molar-refractivity contribution in [2.75, 3.05) is 58.4 Å². The molecular weight excluding hydrogens is 358 g/mol. The first-order valence-corrected chi connectivity index (χ1v) is 10.3. The van der Waals surface area contributed by atoms with Crippen LogP contribution >= 0.6 is 0 Å². The summed E-state index contributed by atoms with van der Waals surface area (Å²) in [5.74, 6) is 1.83. The molecule has 7 nitrogen and oxygen atoms in total. The molecule has 0 aromatic heterocycles. The molecule has 4 rings (SSSR count). The number of ether oxygens (including phenoxy) is 2. The molecule has 3 aliphatic rings. The molecule has 1 amide bonds. The Morgan fingerprint density at radius 3 is 2.54 bits per heavy atom. The van der Waals surface area contributed by atoms with Gasteiger partial charge in [-0.25, -0.2) is 0 Å². The van der Waals surface area contributed by atoms with Crippen LogP contribution in [0.15, 0.2) is 24.3 Å². The fourth-order valence-electron chi connectivity index (χ4n) is 5.01. The average Bonchev–Trinajstić information content (AvgIpc) is 3.09. The first-order valence-electron chi connectivity index (χ1n) is 10.3. The molecule has 2 heterocycles. The zero-order valence-corrected chi connectivity index (χ0v) is 16.5. The molecule has 0 radical (unpaired) electrons. The van der Waals surface area contributed by atoms with Gasteiger partial charge >= 0.3 is 0 Å². The number of aliphatic hydroxyl groups is 1. The van der Waals surface area contributed by atoms with Crippen molar-refractivity contribution >= 4 is 11.6 Å². The van der Waals surface area contributed by atoms with E-state index < -0.39 is 0 Å². The number of amides is 1. The Morgan fingerprint density at radius 2 is 1.86 bits per heavy atom. The van der Waals surface area contributed by atoms with Crippen LogP contribution in [0, 0.1) is 11.8 Å². The van der Waals surface area contributed by atoms with Crippen LogP contribution in [-0.4, -0.2) is 86.0 Å². The van der Waals surface area contributed by atoms with Crippen molar-refractivity contribution in [1.82, 2.24) is 9.80 Å². The maximum atomic E-state index is 12.4. The van der Waals surface area contributed by atoms with E-state index in [1.165, 1.54) is 0 Å². The Hall–Kier alpha value is -1.67. The van der Waals surface area contributed by atoms with Gasteiger partial charge in [-0.1, -0.05) is 0 Å². The van der Waals surface area contributed by atoms with Gasteiger partial charge in [0.2, 0.25) is 5.91 Å². The number of carbonyl (C=O) groups is 1. The number of anilines is 1. The molecule has 3 fully saturated rings. The Bertz CT molecular complexity index is 662. The normalized spacial score (nSPS) is 31.4. The van der Waals surface area contributed by atoms with Crippen LogP contribution < -0.4 is 10.1 Å². The summed E-state index contributed by atoms with van der Waals surface area (Å²) in [6.45, 7) is 5.57. The molecule has 2 N–H and O–H groups in total. The van der Waals surface area contributed by atoms with Gasteiger partial charge < -0.3 is 19.9 Å². The monoisotopic (exact) mass is 389 g/mol. The minimum Gasteiger partial charge on any atom is -0.497 e. The molecule has 154 valence electrons. The number of nitrogens with zero attached hydrogens (tertiary/aromatic N) is 2. The van der Waals surface area contributed by atoms with Gasteiger partial charge in [0.05, 0.1) is 33.0 Å². The molecule has 1 aromatic carbocycles. The Balaban J connectivity index is 1.29. The summed E-state index contributed by atoms with van der Waals surface area (Å²) in [5, 5.41) is 13.6. The highest BCUT2D eigenvalue weighted by molar-refractivity contribution is 5.92. The van der Waals surface area contributed by atoms with E-state index >= 15 is 0 Å². The number of hydrogen-bond donors (Lipinski definition) is 2. The number of morpholine rings is 1. The molecule has 4 atom stereocenters. The highest BCUT2D eigenvalue weighted by Gasteiger charge is 2.43. The Kier molecular flexibility index (Phi) is 6.16. The zero-order chi connectivity index (χ0) is 19.5. The molecule has 1 aliphatic carbocycles. The summed E-state index contributed by atoms with van der Waals surface area (Å²) in [4.78, 5) is 17.1. The van der Waals surface area contributed by atoms with E-state index in [0.29, 0.717) is 18.4 Å². The zero-order valence-electron chi connectivity index (χ0n) is 16.5. The van der Waals surface area contributed by atoms with Crippen molar-refractivity contribution in [2.45, 2.75) is 25.0 Å². The molecule has 2 aliphatic heterocycles. The van der Waals surface area contributed by atoms with E-state index in [1.807, 2.05) is 24.3 Å². The fourth-order valence-corrected chi connectivity index (χ4v) is 5.01. The number of methoxy groups -OCH3 is 1. The van der Waals surface area contributed by atoms with Crippen LogP contribution in [0.5, 0.6) is 5.75 Å². The topological polar surface area (TPSA) is 74.3 Å².